The highest BCUT2D eigenvalue weighted by atomic mass is 16.5. The van der Waals surface area contributed by atoms with E-state index in [0.717, 1.165) is 18.4 Å². The quantitative estimate of drug-likeness (QED) is 0.727. The predicted octanol–water partition coefficient (Wildman–Crippen LogP) is 4.34. The zero-order valence-electron chi connectivity index (χ0n) is 12.1. The largest absolute Gasteiger partial charge is 0.313 e. The van der Waals surface area contributed by atoms with E-state index >= 15 is 0 Å². The van der Waals surface area contributed by atoms with E-state index in [9.17, 15) is 5.21 Å². The zero-order valence-corrected chi connectivity index (χ0v) is 12.1. The van der Waals surface area contributed by atoms with E-state index in [4.69, 9.17) is 0 Å². The lowest BCUT2D eigenvalue weighted by Gasteiger charge is -2.32. The molecule has 0 aliphatic rings. The van der Waals surface area contributed by atoms with Crippen molar-refractivity contribution >= 4 is 0 Å². The molecular weight excluding hydrogens is 222 g/mol. The third-order valence-corrected chi connectivity index (χ3v) is 3.58. The normalized spacial score (nSPS) is 15.1. The van der Waals surface area contributed by atoms with Crippen molar-refractivity contribution in [2.24, 2.45) is 11.8 Å². The van der Waals surface area contributed by atoms with Crippen molar-refractivity contribution in [1.82, 2.24) is 5.06 Å². The van der Waals surface area contributed by atoms with Gasteiger partial charge in [0, 0.05) is 12.6 Å². The standard InChI is InChI=1S/C16H27NO/c1-5-14(4)16(11-13(2)3)17(18)12-15-9-7-6-8-10-15/h6-10,13-14,16,18H,5,11-12H2,1-4H3/t14-,16+/m0/s1. The lowest BCUT2D eigenvalue weighted by molar-refractivity contribution is -0.153. The number of benzene rings is 1. The van der Waals surface area contributed by atoms with Crippen LogP contribution in [0.1, 0.15) is 46.1 Å². The van der Waals surface area contributed by atoms with Crippen molar-refractivity contribution in [3.63, 3.8) is 0 Å². The van der Waals surface area contributed by atoms with Crippen molar-refractivity contribution in [3.8, 4) is 0 Å². The lowest BCUT2D eigenvalue weighted by Crippen LogP contribution is -2.37. The Morgan fingerprint density at radius 2 is 1.72 bits per heavy atom. The van der Waals surface area contributed by atoms with Gasteiger partial charge in [-0.25, -0.2) is 0 Å². The molecule has 1 N–H and O–H groups in total. The number of hydrogen-bond donors (Lipinski definition) is 1. The molecule has 2 atom stereocenters. The number of rotatable bonds is 7. The molecule has 0 unspecified atom stereocenters. The van der Waals surface area contributed by atoms with Gasteiger partial charge in [-0.3, -0.25) is 0 Å². The van der Waals surface area contributed by atoms with Gasteiger partial charge >= 0.3 is 0 Å². The molecule has 0 saturated heterocycles. The zero-order chi connectivity index (χ0) is 13.5. The number of hydrogen-bond acceptors (Lipinski definition) is 2. The van der Waals surface area contributed by atoms with Crippen molar-refractivity contribution in [1.29, 1.82) is 0 Å². The summed E-state index contributed by atoms with van der Waals surface area (Å²) in [7, 11) is 0. The van der Waals surface area contributed by atoms with Gasteiger partial charge in [0.05, 0.1) is 0 Å². The fraction of sp³-hybridized carbons (Fsp3) is 0.625. The van der Waals surface area contributed by atoms with Crippen LogP contribution in [-0.4, -0.2) is 16.3 Å². The van der Waals surface area contributed by atoms with Crippen LogP contribution in [0.4, 0.5) is 0 Å². The minimum atomic E-state index is 0.246. The van der Waals surface area contributed by atoms with Crippen molar-refractivity contribution < 1.29 is 5.21 Å². The van der Waals surface area contributed by atoms with Crippen molar-refractivity contribution in [2.45, 2.75) is 53.1 Å². The van der Waals surface area contributed by atoms with Crippen LogP contribution < -0.4 is 0 Å². The van der Waals surface area contributed by atoms with Gasteiger partial charge in [-0.2, -0.15) is 5.06 Å². The maximum absolute atomic E-state index is 10.3. The molecule has 0 radical (unpaired) electrons. The third kappa shape index (κ3) is 4.79. The second-order valence-corrected chi connectivity index (χ2v) is 5.67. The maximum Gasteiger partial charge on any atom is 0.0491 e. The van der Waals surface area contributed by atoms with E-state index in [-0.39, 0.29) is 6.04 Å². The first-order valence-corrected chi connectivity index (χ1v) is 7.04. The van der Waals surface area contributed by atoms with Gasteiger partial charge < -0.3 is 5.21 Å². The van der Waals surface area contributed by atoms with Crippen LogP contribution >= 0.6 is 0 Å². The Balaban J connectivity index is 2.67. The molecule has 0 fully saturated rings. The minimum absolute atomic E-state index is 0.246. The fourth-order valence-electron chi connectivity index (χ4n) is 2.29. The van der Waals surface area contributed by atoms with Crippen LogP contribution in [-0.2, 0) is 6.54 Å². The van der Waals surface area contributed by atoms with E-state index in [2.05, 4.69) is 39.8 Å². The molecule has 0 aliphatic heterocycles. The predicted molar refractivity (Wildman–Crippen MR) is 76.5 cm³/mol. The molecule has 0 saturated carbocycles. The van der Waals surface area contributed by atoms with Gasteiger partial charge in [-0.05, 0) is 23.8 Å². The summed E-state index contributed by atoms with van der Waals surface area (Å²) in [6.45, 7) is 9.45. The van der Waals surface area contributed by atoms with Crippen LogP contribution in [0.2, 0.25) is 0 Å². The summed E-state index contributed by atoms with van der Waals surface area (Å²) < 4.78 is 0. The lowest BCUT2D eigenvalue weighted by atomic mass is 9.91. The molecule has 1 aromatic carbocycles. The Morgan fingerprint density at radius 1 is 1.11 bits per heavy atom. The van der Waals surface area contributed by atoms with E-state index in [1.165, 1.54) is 5.06 Å². The number of nitrogens with zero attached hydrogens (tertiary/aromatic N) is 1. The average Bonchev–Trinajstić information content (AvgIpc) is 2.36. The Hall–Kier alpha value is -0.860. The molecule has 0 spiro atoms. The van der Waals surface area contributed by atoms with Crippen LogP contribution in [0.15, 0.2) is 30.3 Å². The van der Waals surface area contributed by atoms with Crippen LogP contribution in [0, 0.1) is 11.8 Å². The highest BCUT2D eigenvalue weighted by Crippen LogP contribution is 2.22. The average molecular weight is 249 g/mol. The molecule has 0 amide bonds. The summed E-state index contributed by atoms with van der Waals surface area (Å²) in [5.74, 6) is 1.12. The maximum atomic E-state index is 10.3. The topological polar surface area (TPSA) is 23.5 Å². The van der Waals surface area contributed by atoms with Crippen LogP contribution in [0.3, 0.4) is 0 Å². The van der Waals surface area contributed by atoms with E-state index < -0.39 is 0 Å². The Labute approximate surface area is 112 Å². The molecule has 0 bridgehead atoms. The first kappa shape index (κ1) is 15.2. The summed E-state index contributed by atoms with van der Waals surface area (Å²) in [5, 5.41) is 11.9. The fourth-order valence-corrected chi connectivity index (χ4v) is 2.29. The molecule has 0 heterocycles. The van der Waals surface area contributed by atoms with Gasteiger partial charge in [0.2, 0.25) is 0 Å². The SMILES string of the molecule is CC[C@H](C)[C@@H](CC(C)C)N(O)Cc1ccccc1. The van der Waals surface area contributed by atoms with E-state index in [1.54, 1.807) is 0 Å². The molecule has 1 aromatic rings. The third-order valence-electron chi connectivity index (χ3n) is 3.58. The smallest absolute Gasteiger partial charge is 0.0491 e. The summed E-state index contributed by atoms with van der Waals surface area (Å²) >= 11 is 0. The summed E-state index contributed by atoms with van der Waals surface area (Å²) in [6, 6.07) is 10.4. The highest BCUT2D eigenvalue weighted by molar-refractivity contribution is 5.14. The molecule has 18 heavy (non-hydrogen) atoms. The van der Waals surface area contributed by atoms with Crippen LogP contribution in [0.5, 0.6) is 0 Å². The van der Waals surface area contributed by atoms with Crippen LogP contribution in [0.25, 0.3) is 0 Å². The molecule has 0 aromatic heterocycles. The van der Waals surface area contributed by atoms with Crippen molar-refractivity contribution in [3.05, 3.63) is 35.9 Å². The molecule has 1 rings (SSSR count). The van der Waals surface area contributed by atoms with Gasteiger partial charge in [0.25, 0.3) is 0 Å². The first-order valence-electron chi connectivity index (χ1n) is 7.04. The highest BCUT2D eigenvalue weighted by Gasteiger charge is 2.23. The van der Waals surface area contributed by atoms with Gasteiger partial charge in [-0.15, -0.1) is 0 Å². The summed E-state index contributed by atoms with van der Waals surface area (Å²) in [4.78, 5) is 0. The Bertz CT molecular complexity index is 323. The van der Waals surface area contributed by atoms with Crippen molar-refractivity contribution in [2.75, 3.05) is 0 Å². The molecular formula is C16H27NO. The molecule has 2 heteroatoms. The van der Waals surface area contributed by atoms with Gasteiger partial charge in [0.1, 0.15) is 0 Å². The second-order valence-electron chi connectivity index (χ2n) is 5.67. The summed E-state index contributed by atoms with van der Waals surface area (Å²) in [6.07, 6.45) is 2.14. The summed E-state index contributed by atoms with van der Waals surface area (Å²) in [5.41, 5.74) is 1.16. The second kappa shape index (κ2) is 7.55. The van der Waals surface area contributed by atoms with Gasteiger partial charge in [-0.1, -0.05) is 64.4 Å². The molecule has 102 valence electrons. The Morgan fingerprint density at radius 3 is 2.22 bits per heavy atom. The molecule has 2 nitrogen and oxygen atoms in total. The van der Waals surface area contributed by atoms with E-state index in [0.29, 0.717) is 18.4 Å². The Kier molecular flexibility index (Phi) is 6.37. The minimum Gasteiger partial charge on any atom is -0.313 e. The van der Waals surface area contributed by atoms with Gasteiger partial charge in [0.15, 0.2) is 0 Å². The number of hydroxylamine groups is 2. The molecule has 0 aliphatic carbocycles. The monoisotopic (exact) mass is 249 g/mol. The van der Waals surface area contributed by atoms with E-state index in [1.807, 2.05) is 18.2 Å². The first-order chi connectivity index (χ1) is 8.54.